The summed E-state index contributed by atoms with van der Waals surface area (Å²) < 4.78 is 27.4. The molecule has 5 nitrogen and oxygen atoms in total. The van der Waals surface area contributed by atoms with Crippen molar-refractivity contribution in [3.05, 3.63) is 77.5 Å². The van der Waals surface area contributed by atoms with Gasteiger partial charge in [-0.15, -0.1) is 0 Å². The van der Waals surface area contributed by atoms with Crippen molar-refractivity contribution in [2.24, 2.45) is 7.05 Å². The molecular weight excluding hydrogens is 360 g/mol. The van der Waals surface area contributed by atoms with Crippen LogP contribution < -0.4 is 0 Å². The van der Waals surface area contributed by atoms with Crippen LogP contribution in [0.2, 0.25) is 0 Å². The highest BCUT2D eigenvalue weighted by molar-refractivity contribution is 7.88. The second-order valence-electron chi connectivity index (χ2n) is 6.79. The average molecular weight is 380 g/mol. The summed E-state index contributed by atoms with van der Waals surface area (Å²) in [5.74, 6) is -1.05. The number of sulfonamides is 1. The number of aryl methyl sites for hydroxylation is 1. The van der Waals surface area contributed by atoms with E-state index in [4.69, 9.17) is 0 Å². The van der Waals surface area contributed by atoms with Gasteiger partial charge in [-0.05, 0) is 17.2 Å². The quantitative estimate of drug-likeness (QED) is 0.701. The fraction of sp³-hybridized carbons (Fsp3) is 0.190. The van der Waals surface area contributed by atoms with Crippen LogP contribution in [0.25, 0.3) is 17.0 Å². The zero-order valence-corrected chi connectivity index (χ0v) is 16.0. The molecule has 1 aliphatic rings. The van der Waals surface area contributed by atoms with E-state index in [-0.39, 0.29) is 6.54 Å². The van der Waals surface area contributed by atoms with Gasteiger partial charge in [0.25, 0.3) is 0 Å². The molecule has 0 bridgehead atoms. The molecule has 0 radical (unpaired) electrons. The summed E-state index contributed by atoms with van der Waals surface area (Å²) >= 11 is 0. The molecule has 1 aliphatic heterocycles. The van der Waals surface area contributed by atoms with E-state index in [1.54, 1.807) is 6.08 Å². The Morgan fingerprint density at radius 3 is 2.41 bits per heavy atom. The number of rotatable bonds is 3. The van der Waals surface area contributed by atoms with E-state index in [1.807, 2.05) is 72.3 Å². The number of carbonyl (C=O) groups is 1. The van der Waals surface area contributed by atoms with Crippen molar-refractivity contribution in [2.45, 2.75) is 12.5 Å². The first-order chi connectivity index (χ1) is 12.9. The van der Waals surface area contributed by atoms with Crippen molar-refractivity contribution in [3.63, 3.8) is 0 Å². The molecule has 1 unspecified atom stereocenters. The Morgan fingerprint density at radius 1 is 1.04 bits per heavy atom. The maximum absolute atomic E-state index is 13.1. The van der Waals surface area contributed by atoms with Crippen LogP contribution in [0.5, 0.6) is 0 Å². The van der Waals surface area contributed by atoms with Crippen LogP contribution in [0.1, 0.15) is 22.7 Å². The molecule has 0 fully saturated rings. The molecule has 0 saturated heterocycles. The van der Waals surface area contributed by atoms with E-state index in [0.717, 1.165) is 38.3 Å². The molecule has 4 rings (SSSR count). The Bertz CT molecular complexity index is 1160. The normalized spacial score (nSPS) is 17.6. The molecule has 0 saturated carbocycles. The molecule has 1 aromatic heterocycles. The number of fused-ring (bicyclic) bond motifs is 3. The number of aromatic nitrogens is 1. The Hall–Kier alpha value is -2.86. The fourth-order valence-electron chi connectivity index (χ4n) is 3.74. The monoisotopic (exact) mass is 380 g/mol. The number of hydrogen-bond acceptors (Lipinski definition) is 3. The SMILES string of the molecule is Cn1c2c(c3ccccc31)C(/C=C/c1ccccc1)C(=O)N(S(C)(=O)=O)C2. The Balaban J connectivity index is 1.92. The van der Waals surface area contributed by atoms with E-state index in [1.165, 1.54) is 0 Å². The maximum atomic E-state index is 13.1. The number of hydrogen-bond donors (Lipinski definition) is 0. The van der Waals surface area contributed by atoms with Crippen LogP contribution in [-0.2, 0) is 28.4 Å². The molecule has 1 atom stereocenters. The highest BCUT2D eigenvalue weighted by Crippen LogP contribution is 2.39. The number of benzene rings is 2. The predicted molar refractivity (Wildman–Crippen MR) is 107 cm³/mol. The molecule has 138 valence electrons. The van der Waals surface area contributed by atoms with E-state index in [0.29, 0.717) is 0 Å². The van der Waals surface area contributed by atoms with Gasteiger partial charge in [0.05, 0.1) is 18.7 Å². The zero-order valence-electron chi connectivity index (χ0n) is 15.2. The minimum absolute atomic E-state index is 0.0634. The van der Waals surface area contributed by atoms with Crippen molar-refractivity contribution in [1.29, 1.82) is 0 Å². The number of amides is 1. The first kappa shape index (κ1) is 17.5. The van der Waals surface area contributed by atoms with Crippen LogP contribution in [0.4, 0.5) is 0 Å². The second-order valence-corrected chi connectivity index (χ2v) is 8.70. The van der Waals surface area contributed by atoms with E-state index >= 15 is 0 Å². The topological polar surface area (TPSA) is 59.4 Å². The van der Waals surface area contributed by atoms with Gasteiger partial charge in [0.15, 0.2) is 0 Å². The van der Waals surface area contributed by atoms with Gasteiger partial charge in [-0.1, -0.05) is 60.7 Å². The maximum Gasteiger partial charge on any atom is 0.247 e. The van der Waals surface area contributed by atoms with Gasteiger partial charge in [0, 0.05) is 23.6 Å². The molecule has 0 spiro atoms. The Kier molecular flexibility index (Phi) is 4.15. The molecule has 0 aliphatic carbocycles. The van der Waals surface area contributed by atoms with E-state index < -0.39 is 21.8 Å². The van der Waals surface area contributed by atoms with Crippen LogP contribution >= 0.6 is 0 Å². The summed E-state index contributed by atoms with van der Waals surface area (Å²) in [5, 5.41) is 0.985. The molecule has 2 heterocycles. The van der Waals surface area contributed by atoms with Crippen molar-refractivity contribution in [2.75, 3.05) is 6.26 Å². The van der Waals surface area contributed by atoms with Gasteiger partial charge >= 0.3 is 0 Å². The largest absolute Gasteiger partial charge is 0.346 e. The summed E-state index contributed by atoms with van der Waals surface area (Å²) in [6, 6.07) is 17.5. The summed E-state index contributed by atoms with van der Waals surface area (Å²) in [6.45, 7) is 0.0634. The standard InChI is InChI=1S/C21H20N2O3S/c1-22-18-11-7-6-10-16(18)20-17(13-12-15-8-4-3-5-9-15)21(24)23(14-19(20)22)27(2,25)26/h3-13,17H,14H2,1-2H3/b13-12+. The van der Waals surface area contributed by atoms with Gasteiger partial charge in [0.2, 0.25) is 15.9 Å². The minimum atomic E-state index is -3.65. The van der Waals surface area contributed by atoms with Gasteiger partial charge in [-0.25, -0.2) is 12.7 Å². The van der Waals surface area contributed by atoms with Crippen molar-refractivity contribution < 1.29 is 13.2 Å². The van der Waals surface area contributed by atoms with Crippen LogP contribution in [0.15, 0.2) is 60.7 Å². The van der Waals surface area contributed by atoms with Crippen LogP contribution in [0, 0.1) is 0 Å². The zero-order chi connectivity index (χ0) is 19.2. The van der Waals surface area contributed by atoms with Crippen molar-refractivity contribution in [1.82, 2.24) is 8.87 Å². The number of carbonyl (C=O) groups excluding carboxylic acids is 1. The molecule has 27 heavy (non-hydrogen) atoms. The summed E-state index contributed by atoms with van der Waals surface area (Å²) in [6.07, 6.45) is 4.76. The molecule has 6 heteroatoms. The third kappa shape index (κ3) is 2.96. The fourth-order valence-corrected chi connectivity index (χ4v) is 4.53. The van der Waals surface area contributed by atoms with Gasteiger partial charge in [-0.2, -0.15) is 0 Å². The third-order valence-corrected chi connectivity index (χ3v) is 6.18. The van der Waals surface area contributed by atoms with Crippen molar-refractivity contribution in [3.8, 4) is 0 Å². The summed E-state index contributed by atoms with van der Waals surface area (Å²) in [7, 11) is -1.74. The lowest BCUT2D eigenvalue weighted by Crippen LogP contribution is -2.42. The molecule has 1 amide bonds. The van der Waals surface area contributed by atoms with Gasteiger partial charge in [-0.3, -0.25) is 4.79 Å². The highest BCUT2D eigenvalue weighted by atomic mass is 32.2. The second kappa shape index (κ2) is 6.39. The molecule has 3 aromatic rings. The first-order valence-corrected chi connectivity index (χ1v) is 10.5. The number of para-hydroxylation sites is 1. The lowest BCUT2D eigenvalue weighted by molar-refractivity contribution is -0.128. The smallest absolute Gasteiger partial charge is 0.247 e. The molecule has 0 N–H and O–H groups in total. The van der Waals surface area contributed by atoms with Crippen LogP contribution in [-0.4, -0.2) is 29.5 Å². The summed E-state index contributed by atoms with van der Waals surface area (Å²) in [4.78, 5) is 13.1. The lowest BCUT2D eigenvalue weighted by atomic mass is 9.91. The van der Waals surface area contributed by atoms with Gasteiger partial charge in [0.1, 0.15) is 0 Å². The molecule has 2 aromatic carbocycles. The van der Waals surface area contributed by atoms with Crippen molar-refractivity contribution >= 4 is 32.9 Å². The summed E-state index contributed by atoms with van der Waals surface area (Å²) in [5.41, 5.74) is 3.70. The minimum Gasteiger partial charge on any atom is -0.346 e. The van der Waals surface area contributed by atoms with Gasteiger partial charge < -0.3 is 4.57 Å². The Labute approximate surface area is 158 Å². The van der Waals surface area contributed by atoms with E-state index in [9.17, 15) is 13.2 Å². The predicted octanol–water partition coefficient (Wildman–Crippen LogP) is 3.28. The first-order valence-electron chi connectivity index (χ1n) is 8.69. The average Bonchev–Trinajstić information content (AvgIpc) is 2.93. The van der Waals surface area contributed by atoms with Crippen LogP contribution in [0.3, 0.4) is 0 Å². The number of nitrogens with zero attached hydrogens (tertiary/aromatic N) is 2. The lowest BCUT2D eigenvalue weighted by Gasteiger charge is -2.30. The third-order valence-electron chi connectivity index (χ3n) is 5.07. The molecular formula is C21H20N2O3S. The highest BCUT2D eigenvalue weighted by Gasteiger charge is 2.39. The van der Waals surface area contributed by atoms with E-state index in [2.05, 4.69) is 0 Å². The Morgan fingerprint density at radius 2 is 1.70 bits per heavy atom.